The average Bonchev–Trinajstić information content (AvgIpc) is 2.93. The molecule has 2 aliphatic rings. The molecule has 0 aromatic rings. The van der Waals surface area contributed by atoms with Gasteiger partial charge in [-0.25, -0.2) is 4.79 Å². The van der Waals surface area contributed by atoms with E-state index in [1.54, 1.807) is 0 Å². The third-order valence-corrected chi connectivity index (χ3v) is 4.08. The molecule has 2 unspecified atom stereocenters. The van der Waals surface area contributed by atoms with E-state index < -0.39 is 0 Å². The fourth-order valence-electron chi connectivity index (χ4n) is 2.92. The van der Waals surface area contributed by atoms with Gasteiger partial charge in [-0.3, -0.25) is 0 Å². The van der Waals surface area contributed by atoms with E-state index in [1.165, 1.54) is 12.8 Å². The van der Waals surface area contributed by atoms with Crippen LogP contribution in [0.2, 0.25) is 0 Å². The predicted molar refractivity (Wildman–Crippen MR) is 72.6 cm³/mol. The Morgan fingerprint density at radius 2 is 1.44 bits per heavy atom. The van der Waals surface area contributed by atoms with Gasteiger partial charge in [0, 0.05) is 26.2 Å². The number of urea groups is 1. The largest absolute Gasteiger partial charge is 0.338 e. The van der Waals surface area contributed by atoms with Crippen molar-refractivity contribution in [3.05, 3.63) is 0 Å². The first-order chi connectivity index (χ1) is 8.63. The normalized spacial score (nSPS) is 29.7. The highest BCUT2D eigenvalue weighted by atomic mass is 16.2. The van der Waals surface area contributed by atoms with Crippen molar-refractivity contribution in [2.45, 2.75) is 12.8 Å². The lowest BCUT2D eigenvalue weighted by molar-refractivity contribution is 0.237. The van der Waals surface area contributed by atoms with Crippen LogP contribution in [0.15, 0.2) is 0 Å². The standard InChI is InChI=1S/C13H26N4O/c1-16-5-3-11(9-16)7-14-13(18)15-8-12-4-6-17(2)10-12/h11-12H,3-10H2,1-2H3,(H2,14,15,18). The Hall–Kier alpha value is -0.810. The molecule has 0 radical (unpaired) electrons. The van der Waals surface area contributed by atoms with Gasteiger partial charge in [0.2, 0.25) is 0 Å². The summed E-state index contributed by atoms with van der Waals surface area (Å²) in [6.45, 7) is 6.13. The number of nitrogens with one attached hydrogen (secondary N) is 2. The zero-order valence-electron chi connectivity index (χ0n) is 11.6. The van der Waals surface area contributed by atoms with Gasteiger partial charge in [-0.2, -0.15) is 0 Å². The van der Waals surface area contributed by atoms with Crippen molar-refractivity contribution in [1.29, 1.82) is 0 Å². The molecule has 0 aromatic carbocycles. The highest BCUT2D eigenvalue weighted by Gasteiger charge is 2.21. The van der Waals surface area contributed by atoms with Crippen molar-refractivity contribution in [1.82, 2.24) is 20.4 Å². The second-order valence-corrected chi connectivity index (χ2v) is 5.92. The van der Waals surface area contributed by atoms with Gasteiger partial charge >= 0.3 is 6.03 Å². The molecule has 2 aliphatic heterocycles. The lowest BCUT2D eigenvalue weighted by Gasteiger charge is -2.14. The molecule has 0 bridgehead atoms. The van der Waals surface area contributed by atoms with E-state index in [2.05, 4.69) is 34.5 Å². The Morgan fingerprint density at radius 3 is 1.78 bits per heavy atom. The van der Waals surface area contributed by atoms with Crippen LogP contribution in [0.4, 0.5) is 4.79 Å². The minimum absolute atomic E-state index is 0.000828. The van der Waals surface area contributed by atoms with Gasteiger partial charge in [0.15, 0.2) is 0 Å². The fraction of sp³-hybridized carbons (Fsp3) is 0.923. The summed E-state index contributed by atoms with van der Waals surface area (Å²) in [5.74, 6) is 1.25. The Morgan fingerprint density at radius 1 is 1.00 bits per heavy atom. The molecule has 2 amide bonds. The molecule has 104 valence electrons. The van der Waals surface area contributed by atoms with E-state index in [-0.39, 0.29) is 6.03 Å². The van der Waals surface area contributed by atoms with Crippen LogP contribution in [-0.2, 0) is 0 Å². The second-order valence-electron chi connectivity index (χ2n) is 5.92. The molecule has 2 heterocycles. The molecular formula is C13H26N4O. The zero-order chi connectivity index (χ0) is 13.0. The molecule has 0 saturated carbocycles. The zero-order valence-corrected chi connectivity index (χ0v) is 11.6. The summed E-state index contributed by atoms with van der Waals surface area (Å²) in [5.41, 5.74) is 0. The summed E-state index contributed by atoms with van der Waals surface area (Å²) in [6, 6.07) is -0.000828. The summed E-state index contributed by atoms with van der Waals surface area (Å²) < 4.78 is 0. The third-order valence-electron chi connectivity index (χ3n) is 4.08. The first kappa shape index (κ1) is 13.6. The minimum Gasteiger partial charge on any atom is -0.338 e. The quantitative estimate of drug-likeness (QED) is 0.753. The van der Waals surface area contributed by atoms with Crippen LogP contribution in [0, 0.1) is 11.8 Å². The van der Waals surface area contributed by atoms with Gasteiger partial charge in [-0.05, 0) is 51.9 Å². The SMILES string of the molecule is CN1CCC(CNC(=O)NCC2CCN(C)C2)C1. The molecule has 0 aromatic heterocycles. The number of likely N-dealkylation sites (tertiary alicyclic amines) is 2. The van der Waals surface area contributed by atoms with E-state index in [4.69, 9.17) is 0 Å². The van der Waals surface area contributed by atoms with Crippen molar-refractivity contribution in [2.75, 3.05) is 53.4 Å². The van der Waals surface area contributed by atoms with Crippen molar-refractivity contribution in [3.8, 4) is 0 Å². The predicted octanol–water partition coefficient (Wildman–Crippen LogP) is 0.189. The summed E-state index contributed by atoms with van der Waals surface area (Å²) in [4.78, 5) is 16.3. The summed E-state index contributed by atoms with van der Waals surface area (Å²) in [7, 11) is 4.27. The van der Waals surface area contributed by atoms with Gasteiger partial charge in [-0.1, -0.05) is 0 Å². The van der Waals surface area contributed by atoms with Crippen LogP contribution in [0.3, 0.4) is 0 Å². The van der Waals surface area contributed by atoms with Gasteiger partial charge in [0.1, 0.15) is 0 Å². The minimum atomic E-state index is -0.000828. The van der Waals surface area contributed by atoms with Gasteiger partial charge in [-0.15, -0.1) is 0 Å². The fourth-order valence-corrected chi connectivity index (χ4v) is 2.92. The number of rotatable bonds is 4. The molecular weight excluding hydrogens is 228 g/mol. The first-order valence-electron chi connectivity index (χ1n) is 7.02. The summed E-state index contributed by atoms with van der Waals surface area (Å²) in [6.07, 6.45) is 2.40. The number of carbonyl (C=O) groups is 1. The molecule has 0 spiro atoms. The van der Waals surface area contributed by atoms with Crippen molar-refractivity contribution in [2.24, 2.45) is 11.8 Å². The molecule has 5 nitrogen and oxygen atoms in total. The van der Waals surface area contributed by atoms with Crippen LogP contribution < -0.4 is 10.6 Å². The van der Waals surface area contributed by atoms with Crippen LogP contribution in [-0.4, -0.2) is 69.2 Å². The molecule has 18 heavy (non-hydrogen) atoms. The van der Waals surface area contributed by atoms with Crippen molar-refractivity contribution in [3.63, 3.8) is 0 Å². The maximum atomic E-state index is 11.7. The first-order valence-corrected chi connectivity index (χ1v) is 7.02. The van der Waals surface area contributed by atoms with E-state index in [0.717, 1.165) is 39.3 Å². The number of amides is 2. The maximum absolute atomic E-state index is 11.7. The Balaban J connectivity index is 1.55. The summed E-state index contributed by atoms with van der Waals surface area (Å²) in [5, 5.41) is 5.98. The van der Waals surface area contributed by atoms with Gasteiger partial charge < -0.3 is 20.4 Å². The maximum Gasteiger partial charge on any atom is 0.314 e. The topological polar surface area (TPSA) is 47.6 Å². The average molecular weight is 254 g/mol. The monoisotopic (exact) mass is 254 g/mol. The van der Waals surface area contributed by atoms with Crippen LogP contribution in [0.1, 0.15) is 12.8 Å². The Kier molecular flexibility index (Phi) is 4.83. The Labute approximate surface area is 110 Å². The number of carbonyl (C=O) groups excluding carboxylic acids is 1. The van der Waals surface area contributed by atoms with E-state index >= 15 is 0 Å². The molecule has 2 rings (SSSR count). The van der Waals surface area contributed by atoms with Crippen molar-refractivity contribution >= 4 is 6.03 Å². The van der Waals surface area contributed by atoms with Crippen molar-refractivity contribution < 1.29 is 4.79 Å². The second kappa shape index (κ2) is 6.38. The van der Waals surface area contributed by atoms with Gasteiger partial charge in [0.05, 0.1) is 0 Å². The smallest absolute Gasteiger partial charge is 0.314 e. The van der Waals surface area contributed by atoms with Crippen LogP contribution in [0.25, 0.3) is 0 Å². The molecule has 5 heteroatoms. The molecule has 0 aliphatic carbocycles. The molecule has 2 saturated heterocycles. The van der Waals surface area contributed by atoms with E-state index in [0.29, 0.717) is 11.8 Å². The number of hydrogen-bond donors (Lipinski definition) is 2. The molecule has 2 fully saturated rings. The van der Waals surface area contributed by atoms with E-state index in [9.17, 15) is 4.79 Å². The highest BCUT2D eigenvalue weighted by Crippen LogP contribution is 2.13. The highest BCUT2D eigenvalue weighted by molar-refractivity contribution is 5.73. The number of hydrogen-bond acceptors (Lipinski definition) is 3. The lowest BCUT2D eigenvalue weighted by atomic mass is 10.1. The molecule has 2 N–H and O–H groups in total. The lowest BCUT2D eigenvalue weighted by Crippen LogP contribution is -2.41. The van der Waals surface area contributed by atoms with Crippen LogP contribution >= 0.6 is 0 Å². The van der Waals surface area contributed by atoms with Gasteiger partial charge in [0.25, 0.3) is 0 Å². The Bertz CT molecular complexity index is 258. The van der Waals surface area contributed by atoms with E-state index in [1.807, 2.05) is 0 Å². The summed E-state index contributed by atoms with van der Waals surface area (Å²) >= 11 is 0. The molecule has 2 atom stereocenters. The third kappa shape index (κ3) is 4.14. The number of nitrogens with zero attached hydrogens (tertiary/aromatic N) is 2. The van der Waals surface area contributed by atoms with Crippen LogP contribution in [0.5, 0.6) is 0 Å².